The number of amides is 1. The molecule has 5 rings (SSSR count). The first kappa shape index (κ1) is 24.8. The summed E-state index contributed by atoms with van der Waals surface area (Å²) in [5.74, 6) is 1.84. The number of ether oxygens (including phenoxy) is 1. The van der Waals surface area contributed by atoms with Crippen molar-refractivity contribution in [3.8, 4) is 22.6 Å². The summed E-state index contributed by atoms with van der Waals surface area (Å²) in [6.07, 6.45) is 5.74. The number of likely N-dealkylation sites (tertiary alicyclic amines) is 1. The number of para-hydroxylation sites is 1. The normalized spacial score (nSPS) is 15.8. The number of hydrogen-bond acceptors (Lipinski definition) is 6. The summed E-state index contributed by atoms with van der Waals surface area (Å²) in [7, 11) is 3.93. The van der Waals surface area contributed by atoms with Crippen molar-refractivity contribution in [2.45, 2.75) is 12.5 Å². The third kappa shape index (κ3) is 5.16. The molecule has 1 saturated heterocycles. The Morgan fingerprint density at radius 1 is 1.14 bits per heavy atom. The van der Waals surface area contributed by atoms with E-state index in [0.717, 1.165) is 23.3 Å². The van der Waals surface area contributed by atoms with Crippen LogP contribution in [0.5, 0.6) is 11.5 Å². The molecule has 0 bridgehead atoms. The van der Waals surface area contributed by atoms with Crippen LogP contribution in [0.4, 0.5) is 5.82 Å². The Balaban J connectivity index is 1.45. The topological polar surface area (TPSA) is 89.5 Å². The Kier molecular flexibility index (Phi) is 7.12. The number of benzene rings is 2. The molecule has 2 aromatic heterocycles. The highest BCUT2D eigenvalue weighted by molar-refractivity contribution is 6.35. The Morgan fingerprint density at radius 3 is 2.59 bits per heavy atom. The Labute approximate surface area is 220 Å². The standard InChI is InChI=1S/C28H29ClN6O2/c1-33(2)15-6-9-23(36)34-16-14-20(17-34)35-26(29)24(25-27(30)31-18-32-28(25)35)19-10-12-22(13-11-19)37-21-7-4-3-5-8-21/h3-13,18,20H,14-17H2,1-2H3,(H2,30,31,32)/b9-6+/t20-/m1/s1. The number of carbonyl (C=O) groups is 1. The van der Waals surface area contributed by atoms with Crippen molar-refractivity contribution in [3.05, 3.63) is 78.2 Å². The zero-order chi connectivity index (χ0) is 25.9. The number of carbonyl (C=O) groups excluding carboxylic acids is 1. The molecular weight excluding hydrogens is 488 g/mol. The van der Waals surface area contributed by atoms with E-state index in [2.05, 4.69) is 9.97 Å². The second kappa shape index (κ2) is 10.6. The second-order valence-corrected chi connectivity index (χ2v) is 9.68. The lowest BCUT2D eigenvalue weighted by molar-refractivity contribution is -0.125. The quantitative estimate of drug-likeness (QED) is 0.347. The van der Waals surface area contributed by atoms with E-state index in [0.29, 0.717) is 47.4 Å². The van der Waals surface area contributed by atoms with E-state index in [-0.39, 0.29) is 11.9 Å². The van der Waals surface area contributed by atoms with Crippen LogP contribution in [0.25, 0.3) is 22.2 Å². The lowest BCUT2D eigenvalue weighted by Gasteiger charge is -2.17. The third-order valence-electron chi connectivity index (χ3n) is 6.45. The van der Waals surface area contributed by atoms with Crippen LogP contribution in [0, 0.1) is 0 Å². The minimum absolute atomic E-state index is 0.000280. The monoisotopic (exact) mass is 516 g/mol. The molecule has 1 aliphatic heterocycles. The van der Waals surface area contributed by atoms with E-state index in [4.69, 9.17) is 22.1 Å². The van der Waals surface area contributed by atoms with Crippen LogP contribution in [-0.2, 0) is 4.79 Å². The number of nitrogens with zero attached hydrogens (tertiary/aromatic N) is 5. The van der Waals surface area contributed by atoms with Gasteiger partial charge in [-0.25, -0.2) is 9.97 Å². The maximum absolute atomic E-state index is 12.7. The molecule has 3 heterocycles. The van der Waals surface area contributed by atoms with Crippen molar-refractivity contribution in [3.63, 3.8) is 0 Å². The Morgan fingerprint density at radius 2 is 1.86 bits per heavy atom. The highest BCUT2D eigenvalue weighted by Gasteiger charge is 2.31. The van der Waals surface area contributed by atoms with Gasteiger partial charge in [0, 0.05) is 31.3 Å². The molecule has 1 amide bonds. The van der Waals surface area contributed by atoms with Crippen molar-refractivity contribution < 1.29 is 9.53 Å². The van der Waals surface area contributed by atoms with Gasteiger partial charge in [-0.3, -0.25) is 4.79 Å². The smallest absolute Gasteiger partial charge is 0.246 e. The fourth-order valence-electron chi connectivity index (χ4n) is 4.66. The minimum atomic E-state index is -0.0232. The number of aromatic nitrogens is 3. The largest absolute Gasteiger partial charge is 0.457 e. The van der Waals surface area contributed by atoms with Crippen LogP contribution in [0.1, 0.15) is 12.5 Å². The first-order valence-electron chi connectivity index (χ1n) is 12.2. The van der Waals surface area contributed by atoms with Gasteiger partial charge in [0.1, 0.15) is 34.4 Å². The molecular formula is C28H29ClN6O2. The number of nitrogen functional groups attached to an aromatic ring is 1. The van der Waals surface area contributed by atoms with Gasteiger partial charge in [0.25, 0.3) is 0 Å². The van der Waals surface area contributed by atoms with Crippen molar-refractivity contribution in [2.75, 3.05) is 39.5 Å². The number of anilines is 1. The van der Waals surface area contributed by atoms with Crippen LogP contribution in [0.3, 0.4) is 0 Å². The Bertz CT molecular complexity index is 1430. The van der Waals surface area contributed by atoms with Crippen LogP contribution in [0.15, 0.2) is 73.1 Å². The zero-order valence-electron chi connectivity index (χ0n) is 20.8. The average molecular weight is 517 g/mol. The van der Waals surface area contributed by atoms with E-state index in [1.54, 1.807) is 6.08 Å². The second-order valence-electron chi connectivity index (χ2n) is 9.32. The molecule has 37 heavy (non-hydrogen) atoms. The van der Waals surface area contributed by atoms with Crippen LogP contribution >= 0.6 is 11.6 Å². The van der Waals surface area contributed by atoms with Gasteiger partial charge >= 0.3 is 0 Å². The molecule has 0 aliphatic carbocycles. The average Bonchev–Trinajstić information content (AvgIpc) is 3.48. The van der Waals surface area contributed by atoms with E-state index < -0.39 is 0 Å². The molecule has 8 nitrogen and oxygen atoms in total. The first-order valence-corrected chi connectivity index (χ1v) is 12.5. The van der Waals surface area contributed by atoms with Crippen molar-refractivity contribution in [2.24, 2.45) is 0 Å². The fraction of sp³-hybridized carbons (Fsp3) is 0.250. The zero-order valence-corrected chi connectivity index (χ0v) is 21.6. The number of hydrogen-bond donors (Lipinski definition) is 1. The minimum Gasteiger partial charge on any atom is -0.457 e. The number of fused-ring (bicyclic) bond motifs is 1. The number of halogens is 1. The van der Waals surface area contributed by atoms with Crippen molar-refractivity contribution >= 4 is 34.4 Å². The van der Waals surface area contributed by atoms with Gasteiger partial charge in [0.15, 0.2) is 0 Å². The first-order chi connectivity index (χ1) is 17.9. The van der Waals surface area contributed by atoms with Gasteiger partial charge in [-0.2, -0.15) is 0 Å². The number of likely N-dealkylation sites (N-methyl/N-ethyl adjacent to an activating group) is 1. The summed E-state index contributed by atoms with van der Waals surface area (Å²) in [4.78, 5) is 25.3. The maximum atomic E-state index is 12.7. The predicted molar refractivity (Wildman–Crippen MR) is 147 cm³/mol. The molecule has 9 heteroatoms. The molecule has 1 aliphatic rings. The number of nitrogens with two attached hydrogens (primary N) is 1. The van der Waals surface area contributed by atoms with Gasteiger partial charge in [-0.1, -0.05) is 48.0 Å². The highest BCUT2D eigenvalue weighted by Crippen LogP contribution is 2.43. The summed E-state index contributed by atoms with van der Waals surface area (Å²) >= 11 is 7.04. The van der Waals surface area contributed by atoms with Gasteiger partial charge in [0.05, 0.1) is 11.4 Å². The molecule has 2 aromatic carbocycles. The maximum Gasteiger partial charge on any atom is 0.246 e. The molecule has 0 saturated carbocycles. The van der Waals surface area contributed by atoms with E-state index in [1.165, 1.54) is 6.33 Å². The summed E-state index contributed by atoms with van der Waals surface area (Å²) in [6, 6.07) is 17.3. The highest BCUT2D eigenvalue weighted by atomic mass is 35.5. The van der Waals surface area contributed by atoms with Crippen LogP contribution in [0.2, 0.25) is 5.15 Å². The summed E-state index contributed by atoms with van der Waals surface area (Å²) in [5.41, 5.74) is 8.66. The van der Waals surface area contributed by atoms with Crippen molar-refractivity contribution in [1.82, 2.24) is 24.3 Å². The Hall–Kier alpha value is -3.88. The summed E-state index contributed by atoms with van der Waals surface area (Å²) in [5, 5.41) is 1.24. The lowest BCUT2D eigenvalue weighted by atomic mass is 10.1. The third-order valence-corrected chi connectivity index (χ3v) is 6.82. The van der Waals surface area contributed by atoms with E-state index in [9.17, 15) is 4.79 Å². The molecule has 2 N–H and O–H groups in total. The molecule has 190 valence electrons. The number of rotatable bonds is 7. The molecule has 0 unspecified atom stereocenters. The van der Waals surface area contributed by atoms with Gasteiger partial charge in [-0.05, 0) is 50.3 Å². The van der Waals surface area contributed by atoms with Gasteiger partial charge < -0.3 is 24.8 Å². The van der Waals surface area contributed by atoms with E-state index in [1.807, 2.05) is 89.1 Å². The SMILES string of the molecule is CN(C)C/C=C/C(=O)N1CC[C@@H](n2c(Cl)c(-c3ccc(Oc4ccccc4)cc3)c3c(N)ncnc32)C1. The molecule has 1 fully saturated rings. The molecule has 0 radical (unpaired) electrons. The van der Waals surface area contributed by atoms with Crippen LogP contribution < -0.4 is 10.5 Å². The van der Waals surface area contributed by atoms with Crippen molar-refractivity contribution in [1.29, 1.82) is 0 Å². The lowest BCUT2D eigenvalue weighted by Crippen LogP contribution is -2.27. The molecule has 1 atom stereocenters. The molecule has 4 aromatic rings. The van der Waals surface area contributed by atoms with Gasteiger partial charge in [0.2, 0.25) is 5.91 Å². The summed E-state index contributed by atoms with van der Waals surface area (Å²) in [6.45, 7) is 1.90. The molecule has 0 spiro atoms. The van der Waals surface area contributed by atoms with Gasteiger partial charge in [-0.15, -0.1) is 0 Å². The van der Waals surface area contributed by atoms with E-state index >= 15 is 0 Å². The summed E-state index contributed by atoms with van der Waals surface area (Å²) < 4.78 is 7.93. The predicted octanol–water partition coefficient (Wildman–Crippen LogP) is 5.02. The fourth-order valence-corrected chi connectivity index (χ4v) is 5.08. The van der Waals surface area contributed by atoms with Crippen LogP contribution in [-0.4, -0.2) is 64.0 Å².